The van der Waals surface area contributed by atoms with E-state index in [2.05, 4.69) is 10.0 Å². The molecule has 1 aliphatic heterocycles. The summed E-state index contributed by atoms with van der Waals surface area (Å²) in [6, 6.07) is 3.81. The standard InChI is InChI=1S/C17H28N4O4S2/c1-3-21(12-16(22)18-11-15-5-4-10-26-15)17(23)13-20-8-6-14(7-9-20)19-27(2,24)25/h4-5,10,14,19H,3,6-9,11-13H2,1-2H3,(H,18,22). The minimum absolute atomic E-state index is 0.0484. The number of carbonyl (C=O) groups excluding carboxylic acids is 2. The molecule has 1 fully saturated rings. The Hall–Kier alpha value is -1.49. The fraction of sp³-hybridized carbons (Fsp3) is 0.647. The lowest BCUT2D eigenvalue weighted by Crippen LogP contribution is -2.49. The monoisotopic (exact) mass is 416 g/mol. The number of carbonyl (C=O) groups is 2. The number of amides is 2. The van der Waals surface area contributed by atoms with Crippen molar-refractivity contribution in [3.63, 3.8) is 0 Å². The molecule has 152 valence electrons. The Kier molecular flexibility index (Phi) is 8.21. The highest BCUT2D eigenvalue weighted by atomic mass is 32.2. The second-order valence-corrected chi connectivity index (χ2v) is 9.52. The molecule has 0 saturated carbocycles. The number of rotatable bonds is 9. The number of hydrogen-bond donors (Lipinski definition) is 2. The van der Waals surface area contributed by atoms with Crippen molar-refractivity contribution in [2.75, 3.05) is 39.0 Å². The van der Waals surface area contributed by atoms with E-state index in [-0.39, 0.29) is 30.9 Å². The van der Waals surface area contributed by atoms with Gasteiger partial charge in [-0.1, -0.05) is 6.07 Å². The van der Waals surface area contributed by atoms with Gasteiger partial charge in [0.1, 0.15) is 0 Å². The Balaban J connectivity index is 1.73. The first-order chi connectivity index (χ1) is 12.8. The molecule has 1 saturated heterocycles. The smallest absolute Gasteiger partial charge is 0.239 e. The Morgan fingerprint density at radius 2 is 2.04 bits per heavy atom. The molecule has 0 aromatic carbocycles. The average Bonchev–Trinajstić information content (AvgIpc) is 3.11. The van der Waals surface area contributed by atoms with Crippen LogP contribution < -0.4 is 10.0 Å². The van der Waals surface area contributed by atoms with Gasteiger partial charge in [0.05, 0.1) is 25.9 Å². The molecule has 27 heavy (non-hydrogen) atoms. The van der Waals surface area contributed by atoms with Crippen LogP contribution in [0.5, 0.6) is 0 Å². The summed E-state index contributed by atoms with van der Waals surface area (Å²) in [4.78, 5) is 29.2. The molecule has 0 radical (unpaired) electrons. The highest BCUT2D eigenvalue weighted by Crippen LogP contribution is 2.11. The van der Waals surface area contributed by atoms with E-state index in [1.54, 1.807) is 16.2 Å². The summed E-state index contributed by atoms with van der Waals surface area (Å²) >= 11 is 1.58. The molecule has 0 bridgehead atoms. The summed E-state index contributed by atoms with van der Waals surface area (Å²) in [6.45, 7) is 4.40. The van der Waals surface area contributed by atoms with Crippen LogP contribution in [-0.4, -0.2) is 75.1 Å². The van der Waals surface area contributed by atoms with Crippen LogP contribution in [0.2, 0.25) is 0 Å². The molecule has 1 aromatic heterocycles. The third-order valence-corrected chi connectivity index (χ3v) is 6.07. The van der Waals surface area contributed by atoms with Crippen molar-refractivity contribution in [3.05, 3.63) is 22.4 Å². The molecule has 1 aliphatic rings. The van der Waals surface area contributed by atoms with Crippen molar-refractivity contribution >= 4 is 33.2 Å². The van der Waals surface area contributed by atoms with Crippen LogP contribution in [0.1, 0.15) is 24.6 Å². The van der Waals surface area contributed by atoms with Gasteiger partial charge in [0.2, 0.25) is 21.8 Å². The highest BCUT2D eigenvalue weighted by molar-refractivity contribution is 7.88. The molecule has 2 heterocycles. The molecule has 2 amide bonds. The normalized spacial score (nSPS) is 16.2. The highest BCUT2D eigenvalue weighted by Gasteiger charge is 2.24. The van der Waals surface area contributed by atoms with Crippen molar-refractivity contribution < 1.29 is 18.0 Å². The van der Waals surface area contributed by atoms with Gasteiger partial charge in [-0.2, -0.15) is 0 Å². The molecule has 8 nitrogen and oxygen atoms in total. The quantitative estimate of drug-likeness (QED) is 0.600. The lowest BCUT2D eigenvalue weighted by Gasteiger charge is -2.32. The second kappa shape index (κ2) is 10.2. The summed E-state index contributed by atoms with van der Waals surface area (Å²) in [5.74, 6) is -0.257. The zero-order valence-corrected chi connectivity index (χ0v) is 17.4. The number of likely N-dealkylation sites (N-methyl/N-ethyl adjacent to an activating group) is 1. The Morgan fingerprint density at radius 3 is 2.59 bits per heavy atom. The van der Waals surface area contributed by atoms with E-state index in [1.807, 2.05) is 29.3 Å². The van der Waals surface area contributed by atoms with Crippen LogP contribution in [0.15, 0.2) is 17.5 Å². The van der Waals surface area contributed by atoms with E-state index in [1.165, 1.54) is 0 Å². The lowest BCUT2D eigenvalue weighted by molar-refractivity contribution is -0.137. The third kappa shape index (κ3) is 7.96. The van der Waals surface area contributed by atoms with Crippen LogP contribution in [-0.2, 0) is 26.2 Å². The Labute approximate surface area is 165 Å². The topological polar surface area (TPSA) is 98.8 Å². The number of nitrogens with zero attached hydrogens (tertiary/aromatic N) is 2. The molecule has 0 spiro atoms. The number of sulfonamides is 1. The molecule has 10 heteroatoms. The third-order valence-electron chi connectivity index (χ3n) is 4.44. The minimum Gasteiger partial charge on any atom is -0.350 e. The summed E-state index contributed by atoms with van der Waals surface area (Å²) in [5, 5.41) is 4.79. The van der Waals surface area contributed by atoms with Crippen molar-refractivity contribution in [1.82, 2.24) is 19.8 Å². The first kappa shape index (κ1) is 21.8. The number of piperidine rings is 1. The van der Waals surface area contributed by atoms with Gasteiger partial charge >= 0.3 is 0 Å². The van der Waals surface area contributed by atoms with Crippen LogP contribution in [0, 0.1) is 0 Å². The maximum Gasteiger partial charge on any atom is 0.239 e. The number of nitrogens with one attached hydrogen (secondary N) is 2. The van der Waals surface area contributed by atoms with E-state index in [0.717, 1.165) is 11.1 Å². The largest absolute Gasteiger partial charge is 0.350 e. The van der Waals surface area contributed by atoms with E-state index in [4.69, 9.17) is 0 Å². The van der Waals surface area contributed by atoms with Gasteiger partial charge < -0.3 is 10.2 Å². The second-order valence-electron chi connectivity index (χ2n) is 6.70. The van der Waals surface area contributed by atoms with Crippen LogP contribution in [0.25, 0.3) is 0 Å². The maximum atomic E-state index is 12.5. The minimum atomic E-state index is -3.20. The molecule has 2 N–H and O–H groups in total. The van der Waals surface area contributed by atoms with Crippen LogP contribution in [0.4, 0.5) is 0 Å². The van der Waals surface area contributed by atoms with E-state index >= 15 is 0 Å². The predicted molar refractivity (Wildman–Crippen MR) is 106 cm³/mol. The fourth-order valence-electron chi connectivity index (χ4n) is 3.01. The van der Waals surface area contributed by atoms with Crippen molar-refractivity contribution in [3.8, 4) is 0 Å². The molecule has 0 atom stereocenters. The number of hydrogen-bond acceptors (Lipinski definition) is 6. The summed E-state index contributed by atoms with van der Waals surface area (Å²) in [5.41, 5.74) is 0. The summed E-state index contributed by atoms with van der Waals surface area (Å²) < 4.78 is 25.2. The van der Waals surface area contributed by atoms with E-state index in [9.17, 15) is 18.0 Å². The van der Waals surface area contributed by atoms with Gasteiger partial charge in [-0.15, -0.1) is 11.3 Å². The number of likely N-dealkylation sites (tertiary alicyclic amines) is 1. The van der Waals surface area contributed by atoms with Gasteiger partial charge in [0, 0.05) is 30.6 Å². The summed E-state index contributed by atoms with van der Waals surface area (Å²) in [7, 11) is -3.20. The predicted octanol–water partition coefficient (Wildman–Crippen LogP) is 0.226. The average molecular weight is 417 g/mol. The van der Waals surface area contributed by atoms with E-state index < -0.39 is 10.0 Å². The zero-order valence-electron chi connectivity index (χ0n) is 15.8. The van der Waals surface area contributed by atoms with Crippen LogP contribution >= 0.6 is 11.3 Å². The molecule has 2 rings (SSSR count). The van der Waals surface area contributed by atoms with Crippen LogP contribution in [0.3, 0.4) is 0 Å². The van der Waals surface area contributed by atoms with Gasteiger partial charge in [-0.25, -0.2) is 13.1 Å². The van der Waals surface area contributed by atoms with Crippen molar-refractivity contribution in [2.24, 2.45) is 0 Å². The van der Waals surface area contributed by atoms with Gasteiger partial charge in [-0.3, -0.25) is 14.5 Å². The summed E-state index contributed by atoms with van der Waals surface area (Å²) in [6.07, 6.45) is 2.51. The van der Waals surface area contributed by atoms with Crippen molar-refractivity contribution in [1.29, 1.82) is 0 Å². The number of thiophene rings is 1. The zero-order chi connectivity index (χ0) is 19.9. The maximum absolute atomic E-state index is 12.5. The molecule has 0 aliphatic carbocycles. The first-order valence-corrected chi connectivity index (χ1v) is 11.8. The molecule has 1 aromatic rings. The molecule has 0 unspecified atom stereocenters. The first-order valence-electron chi connectivity index (χ1n) is 9.03. The molecular weight excluding hydrogens is 388 g/mol. The van der Waals surface area contributed by atoms with Gasteiger partial charge in [-0.05, 0) is 31.2 Å². The fourth-order valence-corrected chi connectivity index (χ4v) is 4.49. The lowest BCUT2D eigenvalue weighted by atomic mass is 10.1. The Bertz CT molecular complexity index is 713. The van der Waals surface area contributed by atoms with Crippen molar-refractivity contribution in [2.45, 2.75) is 32.4 Å². The van der Waals surface area contributed by atoms with Gasteiger partial charge in [0.25, 0.3) is 0 Å². The molecular formula is C17H28N4O4S2. The Morgan fingerprint density at radius 1 is 1.33 bits per heavy atom. The SMILES string of the molecule is CCN(CC(=O)NCc1cccs1)C(=O)CN1CCC(NS(C)(=O)=O)CC1. The van der Waals surface area contributed by atoms with E-state index in [0.29, 0.717) is 39.0 Å². The van der Waals surface area contributed by atoms with Gasteiger partial charge in [0.15, 0.2) is 0 Å².